The highest BCUT2D eigenvalue weighted by Crippen LogP contribution is 2.26. The number of aromatic nitrogens is 3. The summed E-state index contributed by atoms with van der Waals surface area (Å²) in [7, 11) is 0. The molecule has 0 aromatic carbocycles. The molecule has 0 amide bonds. The molecule has 4 nitrogen and oxygen atoms in total. The Kier molecular flexibility index (Phi) is 4.94. The quantitative estimate of drug-likeness (QED) is 0.849. The van der Waals surface area contributed by atoms with Crippen molar-refractivity contribution in [3.8, 4) is 11.4 Å². The second-order valence-electron chi connectivity index (χ2n) is 3.89. The van der Waals surface area contributed by atoms with Crippen molar-refractivity contribution in [1.82, 2.24) is 20.5 Å². The number of hydrogen-bond donors (Lipinski definition) is 2. The van der Waals surface area contributed by atoms with Gasteiger partial charge in [0.2, 0.25) is 0 Å². The fraction of sp³-hybridized carbons (Fsp3) is 0.400. The number of nitrogens with one attached hydrogen (secondary N) is 2. The number of hydrogen-bond acceptors (Lipinski definition) is 4. The van der Waals surface area contributed by atoms with Gasteiger partial charge in [0, 0.05) is 35.6 Å². The lowest BCUT2D eigenvalue weighted by Crippen LogP contribution is -2.32. The lowest BCUT2D eigenvalue weighted by Gasteiger charge is -2.19. The van der Waals surface area contributed by atoms with E-state index in [2.05, 4.69) is 27.4 Å². The average Bonchev–Trinajstić information content (AvgIpc) is 2.82. The molecule has 2 N–H and O–H groups in total. The van der Waals surface area contributed by atoms with Crippen molar-refractivity contribution in [1.29, 1.82) is 0 Å². The standard InChI is InChI=1S/C10H12N4S.2ClH/c1-6-2-8-7(3-11-6)10(14-13-8)9-4-15-5-12-9;;/h4-6,11H,2-3H2,1H3,(H,13,14);2*1H. The van der Waals surface area contributed by atoms with Crippen molar-refractivity contribution in [2.45, 2.75) is 25.9 Å². The minimum absolute atomic E-state index is 0. The average molecular weight is 293 g/mol. The van der Waals surface area contributed by atoms with E-state index in [1.807, 2.05) is 10.9 Å². The summed E-state index contributed by atoms with van der Waals surface area (Å²) in [5, 5.41) is 13.0. The fourth-order valence-corrected chi connectivity index (χ4v) is 2.49. The molecule has 0 bridgehead atoms. The van der Waals surface area contributed by atoms with Gasteiger partial charge < -0.3 is 5.32 Å². The van der Waals surface area contributed by atoms with Crippen LogP contribution >= 0.6 is 36.2 Å². The summed E-state index contributed by atoms with van der Waals surface area (Å²) in [6.45, 7) is 3.08. The Hall–Kier alpha value is -0.620. The number of H-pyrrole nitrogens is 1. The van der Waals surface area contributed by atoms with Gasteiger partial charge >= 0.3 is 0 Å². The molecule has 7 heteroatoms. The Morgan fingerprint density at radius 1 is 1.41 bits per heavy atom. The highest BCUT2D eigenvalue weighted by atomic mass is 35.5. The summed E-state index contributed by atoms with van der Waals surface area (Å²) in [5.74, 6) is 0. The van der Waals surface area contributed by atoms with Gasteiger partial charge in [-0.15, -0.1) is 36.2 Å². The fourth-order valence-electron chi connectivity index (χ4n) is 1.96. The lowest BCUT2D eigenvalue weighted by molar-refractivity contribution is 0.509. The van der Waals surface area contributed by atoms with E-state index in [0.29, 0.717) is 6.04 Å². The minimum atomic E-state index is 0. The molecule has 17 heavy (non-hydrogen) atoms. The maximum atomic E-state index is 4.35. The number of nitrogens with zero attached hydrogens (tertiary/aromatic N) is 2. The van der Waals surface area contributed by atoms with Crippen LogP contribution in [0.1, 0.15) is 18.2 Å². The van der Waals surface area contributed by atoms with Crippen molar-refractivity contribution < 1.29 is 0 Å². The van der Waals surface area contributed by atoms with Crippen molar-refractivity contribution >= 4 is 36.2 Å². The Bertz CT molecular complexity index is 469. The third-order valence-electron chi connectivity index (χ3n) is 2.77. The first-order valence-corrected chi connectivity index (χ1v) is 5.97. The molecule has 0 radical (unpaired) electrons. The molecule has 2 aromatic rings. The zero-order valence-corrected chi connectivity index (χ0v) is 11.7. The molecular formula is C10H14Cl2N4S. The van der Waals surface area contributed by atoms with Gasteiger partial charge in [-0.2, -0.15) is 5.10 Å². The van der Waals surface area contributed by atoms with E-state index >= 15 is 0 Å². The molecule has 0 spiro atoms. The Balaban J connectivity index is 0.000000722. The van der Waals surface area contributed by atoms with Crippen LogP contribution in [0.15, 0.2) is 10.9 Å². The van der Waals surface area contributed by atoms with Crippen LogP contribution in [-0.4, -0.2) is 21.2 Å². The molecule has 0 fully saturated rings. The summed E-state index contributed by atoms with van der Waals surface area (Å²) < 4.78 is 0. The molecular weight excluding hydrogens is 279 g/mol. The van der Waals surface area contributed by atoms with E-state index < -0.39 is 0 Å². The van der Waals surface area contributed by atoms with Gasteiger partial charge in [-0.05, 0) is 6.92 Å². The van der Waals surface area contributed by atoms with E-state index in [9.17, 15) is 0 Å². The Morgan fingerprint density at radius 3 is 2.94 bits per heavy atom. The smallest absolute Gasteiger partial charge is 0.116 e. The van der Waals surface area contributed by atoms with Crippen molar-refractivity contribution in [2.75, 3.05) is 0 Å². The monoisotopic (exact) mass is 292 g/mol. The zero-order valence-electron chi connectivity index (χ0n) is 9.27. The van der Waals surface area contributed by atoms with Crippen LogP contribution < -0.4 is 5.32 Å². The van der Waals surface area contributed by atoms with Gasteiger partial charge in [-0.25, -0.2) is 4.98 Å². The van der Waals surface area contributed by atoms with Crippen molar-refractivity contribution in [3.63, 3.8) is 0 Å². The highest BCUT2D eigenvalue weighted by molar-refractivity contribution is 7.07. The van der Waals surface area contributed by atoms with Gasteiger partial charge in [0.1, 0.15) is 11.4 Å². The van der Waals surface area contributed by atoms with Gasteiger partial charge in [0.25, 0.3) is 0 Å². The first-order chi connectivity index (χ1) is 7.34. The molecule has 1 aliphatic heterocycles. The number of rotatable bonds is 1. The molecule has 1 unspecified atom stereocenters. The summed E-state index contributed by atoms with van der Waals surface area (Å²) >= 11 is 1.60. The molecule has 2 aromatic heterocycles. The van der Waals surface area contributed by atoms with Gasteiger partial charge in [-0.1, -0.05) is 0 Å². The molecule has 3 heterocycles. The predicted molar refractivity (Wildman–Crippen MR) is 74.2 cm³/mol. The van der Waals surface area contributed by atoms with Crippen LogP contribution in [0.3, 0.4) is 0 Å². The van der Waals surface area contributed by atoms with Crippen LogP contribution in [0.2, 0.25) is 0 Å². The van der Waals surface area contributed by atoms with Crippen LogP contribution in [0.5, 0.6) is 0 Å². The zero-order chi connectivity index (χ0) is 10.3. The normalized spacial score (nSPS) is 17.8. The molecule has 0 aliphatic carbocycles. The summed E-state index contributed by atoms with van der Waals surface area (Å²) in [6, 6.07) is 0.529. The maximum Gasteiger partial charge on any atom is 0.116 e. The first kappa shape index (κ1) is 14.4. The van der Waals surface area contributed by atoms with Gasteiger partial charge in [0.15, 0.2) is 0 Å². The largest absolute Gasteiger partial charge is 0.310 e. The molecule has 94 valence electrons. The minimum Gasteiger partial charge on any atom is -0.310 e. The van der Waals surface area contributed by atoms with Crippen LogP contribution in [0.4, 0.5) is 0 Å². The van der Waals surface area contributed by atoms with Gasteiger partial charge in [0.05, 0.1) is 5.51 Å². The van der Waals surface area contributed by atoms with Crippen molar-refractivity contribution in [2.24, 2.45) is 0 Å². The number of fused-ring (bicyclic) bond motifs is 1. The van der Waals surface area contributed by atoms with Crippen LogP contribution in [-0.2, 0) is 13.0 Å². The maximum absolute atomic E-state index is 4.35. The Labute approximate surface area is 116 Å². The second kappa shape index (κ2) is 5.82. The summed E-state index contributed by atoms with van der Waals surface area (Å²) in [4.78, 5) is 4.29. The van der Waals surface area contributed by atoms with E-state index in [1.165, 1.54) is 11.3 Å². The number of aromatic amines is 1. The van der Waals surface area contributed by atoms with E-state index in [-0.39, 0.29) is 24.8 Å². The highest BCUT2D eigenvalue weighted by Gasteiger charge is 2.21. The van der Waals surface area contributed by atoms with Gasteiger partial charge in [-0.3, -0.25) is 5.10 Å². The number of halogens is 2. The topological polar surface area (TPSA) is 53.6 Å². The third kappa shape index (κ3) is 2.63. The first-order valence-electron chi connectivity index (χ1n) is 5.02. The van der Waals surface area contributed by atoms with E-state index in [1.54, 1.807) is 11.3 Å². The summed E-state index contributed by atoms with van der Waals surface area (Å²) in [6.07, 6.45) is 1.02. The summed E-state index contributed by atoms with van der Waals surface area (Å²) in [5.41, 5.74) is 6.36. The Morgan fingerprint density at radius 2 is 2.24 bits per heavy atom. The molecule has 1 atom stereocenters. The van der Waals surface area contributed by atoms with E-state index in [4.69, 9.17) is 0 Å². The predicted octanol–water partition coefficient (Wildman–Crippen LogP) is 2.41. The number of thiazole rings is 1. The molecule has 0 saturated heterocycles. The van der Waals surface area contributed by atoms with Crippen molar-refractivity contribution in [3.05, 3.63) is 22.1 Å². The molecule has 3 rings (SSSR count). The lowest BCUT2D eigenvalue weighted by atomic mass is 10.0. The molecule has 1 aliphatic rings. The van der Waals surface area contributed by atoms with Crippen LogP contribution in [0, 0.1) is 0 Å². The molecule has 0 saturated carbocycles. The second-order valence-corrected chi connectivity index (χ2v) is 4.61. The SMILES string of the molecule is CC1Cc2[nH]nc(-c3cscn3)c2CN1.Cl.Cl. The van der Waals surface area contributed by atoms with E-state index in [0.717, 1.165) is 24.4 Å². The third-order valence-corrected chi connectivity index (χ3v) is 3.35. The van der Waals surface area contributed by atoms with Crippen LogP contribution in [0.25, 0.3) is 11.4 Å².